The Kier molecular flexibility index (Phi) is 4.45. The van der Waals surface area contributed by atoms with Gasteiger partial charge >= 0.3 is 0 Å². The number of hydrogen-bond acceptors (Lipinski definition) is 3. The molecule has 0 radical (unpaired) electrons. The zero-order valence-electron chi connectivity index (χ0n) is 9.32. The monoisotopic (exact) mass is 216 g/mol. The average molecular weight is 216 g/mol. The molecule has 1 N–H and O–H groups in total. The van der Waals surface area contributed by atoms with E-state index in [9.17, 15) is 5.11 Å². The highest BCUT2D eigenvalue weighted by Gasteiger charge is 2.10. The second kappa shape index (κ2) is 5.85. The van der Waals surface area contributed by atoms with E-state index in [2.05, 4.69) is 29.7 Å². The minimum absolute atomic E-state index is 0.0236. The van der Waals surface area contributed by atoms with Crippen LogP contribution in [0.4, 0.5) is 0 Å². The summed E-state index contributed by atoms with van der Waals surface area (Å²) in [6.07, 6.45) is 6.94. The van der Waals surface area contributed by atoms with Crippen LogP contribution < -0.4 is 0 Å². The van der Waals surface area contributed by atoms with E-state index in [1.54, 1.807) is 18.2 Å². The molecule has 0 bridgehead atoms. The maximum Gasteiger partial charge on any atom is 0.233 e. The van der Waals surface area contributed by atoms with Crippen molar-refractivity contribution in [3.63, 3.8) is 0 Å². The lowest BCUT2D eigenvalue weighted by Crippen LogP contribution is -2.04. The zero-order valence-corrected chi connectivity index (χ0v) is 9.32. The Morgan fingerprint density at radius 1 is 0.812 bits per heavy atom. The lowest BCUT2D eigenvalue weighted by Gasteiger charge is -2.08. The maximum absolute atomic E-state index is 9.66. The van der Waals surface area contributed by atoms with Crippen LogP contribution in [0.1, 0.15) is 17.1 Å². The van der Waals surface area contributed by atoms with Crippen molar-refractivity contribution < 1.29 is 5.11 Å². The van der Waals surface area contributed by atoms with Crippen LogP contribution in [-0.2, 0) is 19.3 Å². The summed E-state index contributed by atoms with van der Waals surface area (Å²) in [6.45, 7) is 10.9. The van der Waals surface area contributed by atoms with E-state index >= 15 is 0 Å². The van der Waals surface area contributed by atoms with Crippen molar-refractivity contribution in [1.82, 2.24) is 9.97 Å². The number of rotatable bonds is 6. The molecule has 16 heavy (non-hydrogen) atoms. The molecule has 1 aromatic heterocycles. The summed E-state index contributed by atoms with van der Waals surface area (Å²) in [7, 11) is 0. The molecule has 1 aromatic rings. The van der Waals surface area contributed by atoms with Crippen LogP contribution in [0, 0.1) is 0 Å². The molecule has 0 aliphatic carbocycles. The van der Waals surface area contributed by atoms with E-state index in [0.29, 0.717) is 25.0 Å². The fourth-order valence-electron chi connectivity index (χ4n) is 1.41. The average Bonchev–Trinajstić information content (AvgIpc) is 2.25. The normalized spacial score (nSPS) is 9.75. The molecule has 3 nitrogen and oxygen atoms in total. The summed E-state index contributed by atoms with van der Waals surface area (Å²) in [6, 6.07) is 0. The van der Waals surface area contributed by atoms with E-state index < -0.39 is 0 Å². The van der Waals surface area contributed by atoms with Gasteiger partial charge in [-0.25, -0.2) is 9.97 Å². The molecule has 0 aliphatic heterocycles. The van der Waals surface area contributed by atoms with Gasteiger partial charge in [-0.2, -0.15) is 0 Å². The molecule has 0 saturated carbocycles. The fourth-order valence-corrected chi connectivity index (χ4v) is 1.41. The first-order valence-corrected chi connectivity index (χ1v) is 5.13. The summed E-state index contributed by atoms with van der Waals surface area (Å²) < 4.78 is 0. The van der Waals surface area contributed by atoms with Gasteiger partial charge in [-0.05, 0) is 0 Å². The van der Waals surface area contributed by atoms with Crippen LogP contribution in [0.2, 0.25) is 0 Å². The summed E-state index contributed by atoms with van der Waals surface area (Å²) in [5.74, 6) is -0.0236. The maximum atomic E-state index is 9.66. The van der Waals surface area contributed by atoms with Crippen LogP contribution in [0.5, 0.6) is 5.88 Å². The molecule has 0 unspecified atom stereocenters. The molecular weight excluding hydrogens is 200 g/mol. The molecule has 0 fully saturated rings. The Hall–Kier alpha value is -1.90. The van der Waals surface area contributed by atoms with Gasteiger partial charge in [-0.15, -0.1) is 19.7 Å². The molecule has 3 heteroatoms. The lowest BCUT2D eigenvalue weighted by molar-refractivity contribution is 0.440. The molecular formula is C13H16N2O. The topological polar surface area (TPSA) is 46.0 Å². The molecule has 0 atom stereocenters. The van der Waals surface area contributed by atoms with Crippen LogP contribution >= 0.6 is 0 Å². The van der Waals surface area contributed by atoms with Crippen molar-refractivity contribution in [3.05, 3.63) is 55.0 Å². The van der Waals surface area contributed by atoms with Gasteiger partial charge in [0.1, 0.15) is 5.69 Å². The molecule has 0 aromatic carbocycles. The van der Waals surface area contributed by atoms with Crippen LogP contribution in [-0.4, -0.2) is 15.1 Å². The summed E-state index contributed by atoms with van der Waals surface area (Å²) in [5, 5.41) is 9.66. The number of allylic oxidation sites excluding steroid dienone is 3. The largest absolute Gasteiger partial charge is 0.492 e. The summed E-state index contributed by atoms with van der Waals surface area (Å²) in [4.78, 5) is 8.49. The third-order valence-corrected chi connectivity index (χ3v) is 2.12. The molecule has 0 amide bonds. The summed E-state index contributed by atoms with van der Waals surface area (Å²) >= 11 is 0. The number of aromatic nitrogens is 2. The predicted molar refractivity (Wildman–Crippen MR) is 65.4 cm³/mol. The van der Waals surface area contributed by atoms with Gasteiger partial charge in [0, 0.05) is 19.3 Å². The van der Waals surface area contributed by atoms with Crippen LogP contribution in [0.25, 0.3) is 0 Å². The van der Waals surface area contributed by atoms with Crippen molar-refractivity contribution in [2.45, 2.75) is 19.3 Å². The minimum Gasteiger partial charge on any atom is -0.492 e. The zero-order chi connectivity index (χ0) is 12.0. The molecule has 0 aliphatic rings. The second-order valence-corrected chi connectivity index (χ2v) is 3.37. The smallest absolute Gasteiger partial charge is 0.233 e. The third kappa shape index (κ3) is 2.79. The molecule has 1 heterocycles. The Morgan fingerprint density at radius 3 is 1.75 bits per heavy atom. The van der Waals surface area contributed by atoms with Crippen molar-refractivity contribution in [3.8, 4) is 5.88 Å². The molecule has 0 saturated heterocycles. The van der Waals surface area contributed by atoms with Gasteiger partial charge in [0.2, 0.25) is 5.88 Å². The first-order chi connectivity index (χ1) is 7.72. The van der Waals surface area contributed by atoms with Crippen molar-refractivity contribution in [2.75, 3.05) is 0 Å². The lowest BCUT2D eigenvalue weighted by atomic mass is 10.1. The standard InChI is InChI=1S/C13H16N2O/c1-4-7-10-11(8-5-2)15-13(16)12(14-10)9-6-3/h4-6H,1-3,7-9H2,(H,15,16). The molecule has 84 valence electrons. The van der Waals surface area contributed by atoms with Crippen molar-refractivity contribution >= 4 is 0 Å². The number of aromatic hydroxyl groups is 1. The van der Waals surface area contributed by atoms with Gasteiger partial charge in [0.25, 0.3) is 0 Å². The van der Waals surface area contributed by atoms with Crippen molar-refractivity contribution in [2.24, 2.45) is 0 Å². The Bertz CT molecular complexity index is 411. The predicted octanol–water partition coefficient (Wildman–Crippen LogP) is 2.37. The van der Waals surface area contributed by atoms with Crippen molar-refractivity contribution in [1.29, 1.82) is 0 Å². The van der Waals surface area contributed by atoms with Gasteiger partial charge in [-0.1, -0.05) is 18.2 Å². The number of nitrogens with zero attached hydrogens (tertiary/aromatic N) is 2. The van der Waals surface area contributed by atoms with E-state index in [1.807, 2.05) is 0 Å². The van der Waals surface area contributed by atoms with Crippen LogP contribution in [0.15, 0.2) is 38.0 Å². The first-order valence-electron chi connectivity index (χ1n) is 5.13. The van der Waals surface area contributed by atoms with Gasteiger partial charge in [-0.3, -0.25) is 0 Å². The highest BCUT2D eigenvalue weighted by Crippen LogP contribution is 2.17. The van der Waals surface area contributed by atoms with E-state index in [1.165, 1.54) is 0 Å². The summed E-state index contributed by atoms with van der Waals surface area (Å²) in [5.41, 5.74) is 2.14. The quantitative estimate of drug-likeness (QED) is 0.742. The van der Waals surface area contributed by atoms with Gasteiger partial charge in [0.15, 0.2) is 0 Å². The minimum atomic E-state index is -0.0236. The van der Waals surface area contributed by atoms with Crippen LogP contribution in [0.3, 0.4) is 0 Å². The Morgan fingerprint density at radius 2 is 1.25 bits per heavy atom. The van der Waals surface area contributed by atoms with E-state index in [0.717, 1.165) is 11.4 Å². The van der Waals surface area contributed by atoms with E-state index in [4.69, 9.17) is 0 Å². The molecule has 1 rings (SSSR count). The van der Waals surface area contributed by atoms with Gasteiger partial charge < -0.3 is 5.11 Å². The Labute approximate surface area is 95.9 Å². The highest BCUT2D eigenvalue weighted by atomic mass is 16.3. The van der Waals surface area contributed by atoms with Gasteiger partial charge in [0.05, 0.1) is 11.4 Å². The van der Waals surface area contributed by atoms with E-state index in [-0.39, 0.29) is 5.88 Å². The Balaban J connectivity index is 3.17. The third-order valence-electron chi connectivity index (χ3n) is 2.12. The highest BCUT2D eigenvalue weighted by molar-refractivity contribution is 5.27. The number of hydrogen-bond donors (Lipinski definition) is 1. The first kappa shape index (κ1) is 12.2. The fraction of sp³-hybridized carbons (Fsp3) is 0.231. The molecule has 0 spiro atoms. The second-order valence-electron chi connectivity index (χ2n) is 3.37. The SMILES string of the molecule is C=CCc1nc(CC=C)c(CC=C)nc1O.